The van der Waals surface area contributed by atoms with Crippen molar-refractivity contribution in [2.75, 3.05) is 5.75 Å². The number of carbonyl (C=O) groups excluding carboxylic acids is 1. The third-order valence-corrected chi connectivity index (χ3v) is 5.77. The van der Waals surface area contributed by atoms with E-state index in [1.165, 1.54) is 16.7 Å². The van der Waals surface area contributed by atoms with Gasteiger partial charge in [-0.05, 0) is 31.0 Å². The van der Waals surface area contributed by atoms with E-state index in [0.29, 0.717) is 11.3 Å². The van der Waals surface area contributed by atoms with Crippen LogP contribution in [0.5, 0.6) is 0 Å². The molecule has 1 saturated heterocycles. The molecular formula is C14H16BrNO3S. The summed E-state index contributed by atoms with van der Waals surface area (Å²) in [6, 6.07) is 4.67. The number of carboxylic acid groups (broad SMARTS) is 1. The minimum absolute atomic E-state index is 0.0676. The van der Waals surface area contributed by atoms with Crippen LogP contribution in [-0.4, -0.2) is 39.1 Å². The van der Waals surface area contributed by atoms with Gasteiger partial charge < -0.3 is 10.0 Å². The number of benzene rings is 1. The van der Waals surface area contributed by atoms with Crippen LogP contribution in [0.25, 0.3) is 0 Å². The Morgan fingerprint density at radius 2 is 2.20 bits per heavy atom. The summed E-state index contributed by atoms with van der Waals surface area (Å²) in [6.45, 7) is 3.83. The number of aliphatic carboxylic acids is 1. The predicted octanol–water partition coefficient (Wildman–Crippen LogP) is 3.14. The zero-order valence-electron chi connectivity index (χ0n) is 11.3. The Labute approximate surface area is 130 Å². The van der Waals surface area contributed by atoms with Crippen LogP contribution >= 0.6 is 27.7 Å². The molecule has 6 heteroatoms. The molecule has 1 heterocycles. The van der Waals surface area contributed by atoms with E-state index in [1.54, 1.807) is 12.1 Å². The van der Waals surface area contributed by atoms with Crippen molar-refractivity contribution in [2.24, 2.45) is 0 Å². The maximum Gasteiger partial charge on any atom is 0.327 e. The fourth-order valence-corrected chi connectivity index (χ4v) is 4.03. The Kier molecular flexibility index (Phi) is 4.75. The lowest BCUT2D eigenvalue weighted by Crippen LogP contribution is -2.45. The Morgan fingerprint density at radius 1 is 1.50 bits per heavy atom. The zero-order valence-corrected chi connectivity index (χ0v) is 13.7. The molecule has 1 aliphatic rings. The van der Waals surface area contributed by atoms with Crippen molar-refractivity contribution in [2.45, 2.75) is 31.7 Å². The van der Waals surface area contributed by atoms with E-state index in [2.05, 4.69) is 15.9 Å². The van der Waals surface area contributed by atoms with Gasteiger partial charge in [-0.1, -0.05) is 28.9 Å². The van der Waals surface area contributed by atoms with Crippen LogP contribution in [0.15, 0.2) is 22.7 Å². The smallest absolute Gasteiger partial charge is 0.327 e. The molecule has 1 aliphatic heterocycles. The monoisotopic (exact) mass is 357 g/mol. The number of nitrogens with zero attached hydrogens (tertiary/aromatic N) is 1. The van der Waals surface area contributed by atoms with Crippen molar-refractivity contribution in [3.63, 3.8) is 0 Å². The summed E-state index contributed by atoms with van der Waals surface area (Å²) < 4.78 is 0.857. The molecule has 1 aromatic rings. The standard InChI is InChI=1S/C14H16BrNO3S/c1-3-12-16(11(7-20-12)14(18)19)13(17)9-5-4-6-10(15)8(9)2/h4-6,11-12H,3,7H2,1-2H3,(H,18,19). The van der Waals surface area contributed by atoms with Gasteiger partial charge in [0.25, 0.3) is 5.91 Å². The fourth-order valence-electron chi connectivity index (χ4n) is 2.32. The molecule has 0 spiro atoms. The summed E-state index contributed by atoms with van der Waals surface area (Å²) >= 11 is 4.94. The molecule has 108 valence electrons. The summed E-state index contributed by atoms with van der Waals surface area (Å²) in [5.41, 5.74) is 1.40. The molecule has 0 bridgehead atoms. The van der Waals surface area contributed by atoms with Crippen LogP contribution in [0.4, 0.5) is 0 Å². The van der Waals surface area contributed by atoms with Crippen molar-refractivity contribution >= 4 is 39.6 Å². The minimum atomic E-state index is -0.936. The average molecular weight is 358 g/mol. The van der Waals surface area contributed by atoms with Gasteiger partial charge in [-0.3, -0.25) is 4.79 Å². The van der Waals surface area contributed by atoms with Gasteiger partial charge in [0.1, 0.15) is 6.04 Å². The van der Waals surface area contributed by atoms with Gasteiger partial charge in [-0.25, -0.2) is 4.79 Å². The number of halogens is 1. The fraction of sp³-hybridized carbons (Fsp3) is 0.429. The first-order chi connectivity index (χ1) is 9.47. The van der Waals surface area contributed by atoms with Crippen LogP contribution in [0.3, 0.4) is 0 Å². The molecule has 2 rings (SSSR count). The predicted molar refractivity (Wildman–Crippen MR) is 83.0 cm³/mol. The normalized spacial score (nSPS) is 22.1. The van der Waals surface area contributed by atoms with Gasteiger partial charge in [0.15, 0.2) is 0 Å². The number of hydrogen-bond acceptors (Lipinski definition) is 3. The first kappa shape index (κ1) is 15.4. The van der Waals surface area contributed by atoms with Crippen molar-refractivity contribution < 1.29 is 14.7 Å². The van der Waals surface area contributed by atoms with Crippen LogP contribution < -0.4 is 0 Å². The van der Waals surface area contributed by atoms with Crippen LogP contribution in [-0.2, 0) is 4.79 Å². The molecule has 2 unspecified atom stereocenters. The SMILES string of the molecule is CCC1SCC(C(=O)O)N1C(=O)c1cccc(Br)c1C. The van der Waals surface area contributed by atoms with Crippen molar-refractivity contribution in [1.82, 2.24) is 4.90 Å². The van der Waals surface area contributed by atoms with Gasteiger partial charge in [0.05, 0.1) is 5.37 Å². The third kappa shape index (κ3) is 2.72. The first-order valence-corrected chi connectivity index (χ1v) is 8.23. The molecule has 1 fully saturated rings. The molecule has 0 aliphatic carbocycles. The Balaban J connectivity index is 2.38. The van der Waals surface area contributed by atoms with E-state index in [-0.39, 0.29) is 11.3 Å². The molecule has 0 saturated carbocycles. The summed E-state index contributed by atoms with van der Waals surface area (Å²) in [4.78, 5) is 25.6. The topological polar surface area (TPSA) is 57.6 Å². The summed E-state index contributed by atoms with van der Waals surface area (Å²) in [5.74, 6) is -0.686. The highest BCUT2D eigenvalue weighted by Gasteiger charge is 2.41. The maximum atomic E-state index is 12.7. The number of hydrogen-bond donors (Lipinski definition) is 1. The highest BCUT2D eigenvalue weighted by molar-refractivity contribution is 9.10. The number of carboxylic acids is 1. The lowest BCUT2D eigenvalue weighted by Gasteiger charge is -2.27. The molecule has 0 aromatic heterocycles. The molecule has 1 N–H and O–H groups in total. The molecule has 2 atom stereocenters. The Hall–Kier alpha value is -1.01. The number of thioether (sulfide) groups is 1. The van der Waals surface area contributed by atoms with E-state index in [1.807, 2.05) is 19.9 Å². The third-order valence-electron chi connectivity index (χ3n) is 3.46. The van der Waals surface area contributed by atoms with E-state index < -0.39 is 12.0 Å². The second-order valence-corrected chi connectivity index (χ2v) is 6.74. The number of carbonyl (C=O) groups is 2. The minimum Gasteiger partial charge on any atom is -0.480 e. The Morgan fingerprint density at radius 3 is 2.80 bits per heavy atom. The highest BCUT2D eigenvalue weighted by Crippen LogP contribution is 2.33. The van der Waals surface area contributed by atoms with Crippen molar-refractivity contribution in [3.05, 3.63) is 33.8 Å². The van der Waals surface area contributed by atoms with Gasteiger partial charge >= 0.3 is 5.97 Å². The second-order valence-electron chi connectivity index (χ2n) is 4.68. The molecule has 1 aromatic carbocycles. The van der Waals surface area contributed by atoms with E-state index >= 15 is 0 Å². The van der Waals surface area contributed by atoms with E-state index in [4.69, 9.17) is 0 Å². The van der Waals surface area contributed by atoms with Gasteiger partial charge in [0.2, 0.25) is 0 Å². The van der Waals surface area contributed by atoms with Gasteiger partial charge in [0, 0.05) is 15.8 Å². The second kappa shape index (κ2) is 6.18. The molecule has 0 radical (unpaired) electrons. The van der Waals surface area contributed by atoms with Crippen LogP contribution in [0, 0.1) is 6.92 Å². The molecular weight excluding hydrogens is 342 g/mol. The maximum absolute atomic E-state index is 12.7. The number of amides is 1. The van der Waals surface area contributed by atoms with Gasteiger partial charge in [-0.15, -0.1) is 11.8 Å². The van der Waals surface area contributed by atoms with Crippen LogP contribution in [0.2, 0.25) is 0 Å². The van der Waals surface area contributed by atoms with E-state index in [0.717, 1.165) is 16.5 Å². The quantitative estimate of drug-likeness (QED) is 0.902. The molecule has 1 amide bonds. The molecule has 20 heavy (non-hydrogen) atoms. The highest BCUT2D eigenvalue weighted by atomic mass is 79.9. The number of rotatable bonds is 3. The van der Waals surface area contributed by atoms with Crippen molar-refractivity contribution in [1.29, 1.82) is 0 Å². The summed E-state index contributed by atoms with van der Waals surface area (Å²) in [6.07, 6.45) is 0.743. The lowest BCUT2D eigenvalue weighted by atomic mass is 10.1. The molecule has 4 nitrogen and oxygen atoms in total. The first-order valence-electron chi connectivity index (χ1n) is 6.39. The van der Waals surface area contributed by atoms with Gasteiger partial charge in [-0.2, -0.15) is 0 Å². The lowest BCUT2D eigenvalue weighted by molar-refractivity contribution is -0.141. The van der Waals surface area contributed by atoms with E-state index in [9.17, 15) is 14.7 Å². The largest absolute Gasteiger partial charge is 0.480 e. The summed E-state index contributed by atoms with van der Waals surface area (Å²) in [5, 5.41) is 9.23. The Bertz CT molecular complexity index is 549. The summed E-state index contributed by atoms with van der Waals surface area (Å²) in [7, 11) is 0. The zero-order chi connectivity index (χ0) is 14.9. The van der Waals surface area contributed by atoms with Crippen LogP contribution in [0.1, 0.15) is 29.3 Å². The van der Waals surface area contributed by atoms with Crippen molar-refractivity contribution in [3.8, 4) is 0 Å². The average Bonchev–Trinajstić information content (AvgIpc) is 2.85.